The van der Waals surface area contributed by atoms with E-state index in [2.05, 4.69) is 40.7 Å². The molecule has 3 N–H and O–H groups in total. The number of aromatic nitrogens is 2. The normalized spacial score (nSPS) is 19.8. The van der Waals surface area contributed by atoms with Crippen LogP contribution in [-0.4, -0.2) is 52.9 Å². The summed E-state index contributed by atoms with van der Waals surface area (Å²) < 4.78 is 0. The van der Waals surface area contributed by atoms with Crippen molar-refractivity contribution in [2.75, 3.05) is 31.6 Å². The molecule has 0 saturated carbocycles. The molecular formula is C12H20N6. The summed E-state index contributed by atoms with van der Waals surface area (Å²) in [6, 6.07) is 0. The maximum Gasteiger partial charge on any atom is 0.158 e. The summed E-state index contributed by atoms with van der Waals surface area (Å²) in [7, 11) is 2.12. The molecule has 1 aliphatic rings. The number of anilines is 1. The Labute approximate surface area is 107 Å². The van der Waals surface area contributed by atoms with Crippen LogP contribution in [0.3, 0.4) is 0 Å². The Morgan fingerprint density at radius 3 is 2.61 bits per heavy atom. The van der Waals surface area contributed by atoms with Crippen molar-refractivity contribution in [2.24, 2.45) is 5.73 Å². The van der Waals surface area contributed by atoms with Crippen LogP contribution in [0.25, 0.3) is 0 Å². The lowest BCUT2D eigenvalue weighted by molar-refractivity contribution is 0.138. The van der Waals surface area contributed by atoms with E-state index in [1.54, 1.807) is 12.4 Å². The molecule has 0 aromatic carbocycles. The van der Waals surface area contributed by atoms with E-state index in [4.69, 9.17) is 11.1 Å². The average molecular weight is 248 g/mol. The zero-order valence-electron chi connectivity index (χ0n) is 11.1. The minimum absolute atomic E-state index is 0.0326. The first-order valence-electron chi connectivity index (χ1n) is 6.03. The highest BCUT2D eigenvalue weighted by molar-refractivity contribution is 5.97. The van der Waals surface area contributed by atoms with Crippen LogP contribution in [0.15, 0.2) is 12.4 Å². The molecule has 2 heterocycles. The van der Waals surface area contributed by atoms with E-state index in [-0.39, 0.29) is 11.4 Å². The molecule has 1 saturated heterocycles. The number of rotatable bonds is 2. The summed E-state index contributed by atoms with van der Waals surface area (Å²) in [6.45, 7) is 7.08. The first kappa shape index (κ1) is 12.8. The van der Waals surface area contributed by atoms with Crippen LogP contribution in [0.1, 0.15) is 19.5 Å². The zero-order valence-corrected chi connectivity index (χ0v) is 11.1. The van der Waals surface area contributed by atoms with Crippen molar-refractivity contribution in [3.8, 4) is 0 Å². The van der Waals surface area contributed by atoms with Crippen molar-refractivity contribution in [3.63, 3.8) is 0 Å². The van der Waals surface area contributed by atoms with Gasteiger partial charge in [-0.1, -0.05) is 0 Å². The van der Waals surface area contributed by atoms with Crippen molar-refractivity contribution >= 4 is 11.7 Å². The molecule has 2 rings (SSSR count). The van der Waals surface area contributed by atoms with Gasteiger partial charge in [-0.3, -0.25) is 10.3 Å². The van der Waals surface area contributed by atoms with Crippen LogP contribution >= 0.6 is 0 Å². The van der Waals surface area contributed by atoms with Crippen molar-refractivity contribution in [1.82, 2.24) is 14.9 Å². The number of piperazine rings is 1. The highest BCUT2D eigenvalue weighted by atomic mass is 15.3. The summed E-state index contributed by atoms with van der Waals surface area (Å²) >= 11 is 0. The van der Waals surface area contributed by atoms with Crippen LogP contribution in [0.2, 0.25) is 0 Å². The summed E-state index contributed by atoms with van der Waals surface area (Å²) in [5.74, 6) is 0.681. The lowest BCUT2D eigenvalue weighted by Crippen LogP contribution is -2.58. The Hall–Kier alpha value is -1.69. The molecule has 6 nitrogen and oxygen atoms in total. The van der Waals surface area contributed by atoms with E-state index in [0.29, 0.717) is 11.5 Å². The fraction of sp³-hybridized carbons (Fsp3) is 0.583. The van der Waals surface area contributed by atoms with E-state index in [1.807, 2.05) is 0 Å². The van der Waals surface area contributed by atoms with E-state index < -0.39 is 0 Å². The van der Waals surface area contributed by atoms with Gasteiger partial charge in [0.2, 0.25) is 0 Å². The highest BCUT2D eigenvalue weighted by Crippen LogP contribution is 2.24. The second-order valence-corrected chi connectivity index (χ2v) is 5.30. The van der Waals surface area contributed by atoms with E-state index in [9.17, 15) is 0 Å². The van der Waals surface area contributed by atoms with E-state index in [1.165, 1.54) is 0 Å². The molecule has 6 heteroatoms. The van der Waals surface area contributed by atoms with Crippen molar-refractivity contribution in [1.29, 1.82) is 5.41 Å². The minimum atomic E-state index is -0.0326. The van der Waals surface area contributed by atoms with Gasteiger partial charge in [-0.2, -0.15) is 0 Å². The van der Waals surface area contributed by atoms with Crippen LogP contribution in [0, 0.1) is 5.41 Å². The molecule has 0 aliphatic carbocycles. The predicted octanol–water partition coefficient (Wildman–Crippen LogP) is 0.291. The molecule has 0 radical (unpaired) electrons. The van der Waals surface area contributed by atoms with Gasteiger partial charge >= 0.3 is 0 Å². The van der Waals surface area contributed by atoms with Crippen molar-refractivity contribution in [2.45, 2.75) is 19.4 Å². The Kier molecular flexibility index (Phi) is 3.21. The van der Waals surface area contributed by atoms with Gasteiger partial charge in [0.1, 0.15) is 11.5 Å². The molecule has 0 spiro atoms. The first-order chi connectivity index (χ1) is 8.42. The van der Waals surface area contributed by atoms with Crippen LogP contribution in [0.5, 0.6) is 0 Å². The van der Waals surface area contributed by atoms with Gasteiger partial charge in [0, 0.05) is 37.6 Å². The smallest absolute Gasteiger partial charge is 0.158 e. The molecule has 1 aromatic heterocycles. The molecule has 18 heavy (non-hydrogen) atoms. The first-order valence-corrected chi connectivity index (χ1v) is 6.03. The van der Waals surface area contributed by atoms with Gasteiger partial charge in [-0.15, -0.1) is 0 Å². The molecule has 0 unspecified atom stereocenters. The number of hydrogen-bond acceptors (Lipinski definition) is 5. The van der Waals surface area contributed by atoms with Crippen molar-refractivity contribution in [3.05, 3.63) is 18.1 Å². The Morgan fingerprint density at radius 2 is 2.00 bits per heavy atom. The summed E-state index contributed by atoms with van der Waals surface area (Å²) in [6.07, 6.45) is 3.22. The molecular weight excluding hydrogens is 228 g/mol. The van der Waals surface area contributed by atoms with Gasteiger partial charge in [0.05, 0.1) is 0 Å². The predicted molar refractivity (Wildman–Crippen MR) is 72.0 cm³/mol. The van der Waals surface area contributed by atoms with E-state index >= 15 is 0 Å². The summed E-state index contributed by atoms with van der Waals surface area (Å²) in [5.41, 5.74) is 6.10. The SMILES string of the molecule is CN1CCN(c2nccnc2C(=N)N)CC1(C)C. The summed E-state index contributed by atoms with van der Waals surface area (Å²) in [4.78, 5) is 13.0. The quantitative estimate of drug-likeness (QED) is 0.581. The number of amidine groups is 1. The maximum atomic E-state index is 7.57. The molecule has 1 aliphatic heterocycles. The van der Waals surface area contributed by atoms with Gasteiger partial charge in [-0.25, -0.2) is 9.97 Å². The monoisotopic (exact) mass is 248 g/mol. The molecule has 0 atom stereocenters. The Morgan fingerprint density at radius 1 is 1.33 bits per heavy atom. The number of nitrogens with one attached hydrogen (secondary N) is 1. The summed E-state index contributed by atoms with van der Waals surface area (Å²) in [5, 5.41) is 7.57. The fourth-order valence-corrected chi connectivity index (χ4v) is 2.17. The standard InChI is InChI=1S/C12H20N6/c1-12(2)8-18(7-6-17(12)3)11-9(10(13)14)15-4-5-16-11/h4-5H,6-8H2,1-3H3,(H3,13,14). The van der Waals surface area contributed by atoms with Crippen LogP contribution < -0.4 is 10.6 Å². The second-order valence-electron chi connectivity index (χ2n) is 5.30. The topological polar surface area (TPSA) is 82.1 Å². The molecule has 0 amide bonds. The van der Waals surface area contributed by atoms with Gasteiger partial charge in [0.25, 0.3) is 0 Å². The minimum Gasteiger partial charge on any atom is -0.382 e. The van der Waals surface area contributed by atoms with Gasteiger partial charge in [0.15, 0.2) is 5.82 Å². The number of likely N-dealkylation sites (N-methyl/N-ethyl adjacent to an activating group) is 1. The number of nitrogens with zero attached hydrogens (tertiary/aromatic N) is 4. The molecule has 0 bridgehead atoms. The number of nitrogen functional groups attached to an aromatic ring is 1. The Bertz CT molecular complexity index is 456. The highest BCUT2D eigenvalue weighted by Gasteiger charge is 2.32. The second kappa shape index (κ2) is 4.53. The third kappa shape index (κ3) is 2.28. The Balaban J connectivity index is 2.30. The van der Waals surface area contributed by atoms with E-state index in [0.717, 1.165) is 19.6 Å². The van der Waals surface area contributed by atoms with Gasteiger partial charge in [-0.05, 0) is 20.9 Å². The lowest BCUT2D eigenvalue weighted by Gasteiger charge is -2.45. The van der Waals surface area contributed by atoms with Crippen LogP contribution in [-0.2, 0) is 0 Å². The third-order valence-electron chi connectivity index (χ3n) is 3.55. The lowest BCUT2D eigenvalue weighted by atomic mass is 9.99. The average Bonchev–Trinajstić information content (AvgIpc) is 2.32. The molecule has 1 fully saturated rings. The molecule has 1 aromatic rings. The van der Waals surface area contributed by atoms with Crippen LogP contribution in [0.4, 0.5) is 5.82 Å². The zero-order chi connectivity index (χ0) is 13.3. The third-order valence-corrected chi connectivity index (χ3v) is 3.55. The number of hydrogen-bond donors (Lipinski definition) is 2. The fourth-order valence-electron chi connectivity index (χ4n) is 2.17. The van der Waals surface area contributed by atoms with Crippen molar-refractivity contribution < 1.29 is 0 Å². The number of nitrogens with two attached hydrogens (primary N) is 1. The largest absolute Gasteiger partial charge is 0.382 e. The maximum absolute atomic E-state index is 7.57. The van der Waals surface area contributed by atoms with Gasteiger partial charge < -0.3 is 10.6 Å². The molecule has 98 valence electrons.